The summed E-state index contributed by atoms with van der Waals surface area (Å²) in [4.78, 5) is 0. The smallest absolute Gasteiger partial charge is 0.397 e. The van der Waals surface area contributed by atoms with Gasteiger partial charge in [0.15, 0.2) is 0 Å². The molecule has 0 fully saturated rings. The molecule has 0 aliphatic rings. The second-order valence-corrected chi connectivity index (χ2v) is 2.99. The van der Waals surface area contributed by atoms with Crippen LogP contribution in [0, 0.1) is 11.3 Å². The lowest BCUT2D eigenvalue weighted by Crippen LogP contribution is -2.62. The lowest BCUT2D eigenvalue weighted by Gasteiger charge is -2.32. The molecular formula is C7F11NO. The second kappa shape index (κ2) is 4.98. The molecule has 0 heterocycles. The predicted molar refractivity (Wildman–Crippen MR) is 36.8 cm³/mol. The molecule has 0 N–H and O–H groups in total. The Labute approximate surface area is 102 Å². The van der Waals surface area contributed by atoms with Gasteiger partial charge in [0, 0.05) is 0 Å². The van der Waals surface area contributed by atoms with Gasteiger partial charge in [0.2, 0.25) is 0 Å². The average molecular weight is 323 g/mol. The highest BCUT2D eigenvalue weighted by Gasteiger charge is 2.83. The zero-order valence-electron chi connectivity index (χ0n) is 8.51. The highest BCUT2D eigenvalue weighted by atomic mass is 19.4. The normalized spacial score (nSPS) is 13.7. The SMILES string of the molecule is N#CC(F)(F)C(F)(F)C(F)(F)C(F)(F)OC(F)=C(F)F. The van der Waals surface area contributed by atoms with Gasteiger partial charge in [-0.05, 0) is 0 Å². The van der Waals surface area contributed by atoms with Gasteiger partial charge in [0.1, 0.15) is 6.07 Å². The summed E-state index contributed by atoms with van der Waals surface area (Å²) >= 11 is 0. The molecule has 20 heavy (non-hydrogen) atoms. The topological polar surface area (TPSA) is 33.0 Å². The van der Waals surface area contributed by atoms with E-state index in [9.17, 15) is 48.3 Å². The molecule has 0 atom stereocenters. The van der Waals surface area contributed by atoms with Crippen LogP contribution in [0.3, 0.4) is 0 Å². The first-order valence-electron chi connectivity index (χ1n) is 3.96. The monoisotopic (exact) mass is 323 g/mol. The molecule has 0 rings (SSSR count). The number of hydrogen-bond acceptors (Lipinski definition) is 2. The van der Waals surface area contributed by atoms with Gasteiger partial charge in [-0.2, -0.15) is 53.6 Å². The number of ether oxygens (including phenoxy) is 1. The summed E-state index contributed by atoms with van der Waals surface area (Å²) in [6.45, 7) is 0. The molecule has 0 amide bonds. The second-order valence-electron chi connectivity index (χ2n) is 2.99. The fourth-order valence-electron chi connectivity index (χ4n) is 0.665. The van der Waals surface area contributed by atoms with Crippen molar-refractivity contribution in [2.45, 2.75) is 23.9 Å². The van der Waals surface area contributed by atoms with Crippen LogP contribution in [0.5, 0.6) is 0 Å². The van der Waals surface area contributed by atoms with Gasteiger partial charge in [-0.15, -0.1) is 0 Å². The quantitative estimate of drug-likeness (QED) is 0.565. The number of alkyl halides is 8. The first-order chi connectivity index (χ1) is 8.64. The van der Waals surface area contributed by atoms with Crippen LogP contribution in [0.2, 0.25) is 0 Å². The van der Waals surface area contributed by atoms with Crippen LogP contribution in [0.4, 0.5) is 48.3 Å². The minimum Gasteiger partial charge on any atom is -0.397 e. The number of nitrogens with zero attached hydrogens (tertiary/aromatic N) is 1. The van der Waals surface area contributed by atoms with Crippen LogP contribution in [0.15, 0.2) is 12.1 Å². The highest BCUT2D eigenvalue weighted by molar-refractivity contribution is 5.11. The van der Waals surface area contributed by atoms with E-state index in [1.807, 2.05) is 4.74 Å². The largest absolute Gasteiger partial charge is 0.473 e. The van der Waals surface area contributed by atoms with Crippen molar-refractivity contribution in [1.82, 2.24) is 0 Å². The number of rotatable bonds is 5. The van der Waals surface area contributed by atoms with Gasteiger partial charge in [-0.25, -0.2) is 0 Å². The van der Waals surface area contributed by atoms with Crippen molar-refractivity contribution in [3.63, 3.8) is 0 Å². The molecule has 0 saturated carbocycles. The van der Waals surface area contributed by atoms with Gasteiger partial charge in [0.25, 0.3) is 0 Å². The molecular weight excluding hydrogens is 323 g/mol. The molecule has 0 unspecified atom stereocenters. The Morgan fingerprint density at radius 2 is 1.20 bits per heavy atom. The lowest BCUT2D eigenvalue weighted by atomic mass is 10.0. The Kier molecular flexibility index (Phi) is 4.55. The van der Waals surface area contributed by atoms with E-state index in [1.54, 1.807) is 0 Å². The van der Waals surface area contributed by atoms with Crippen molar-refractivity contribution in [3.05, 3.63) is 12.1 Å². The molecule has 0 aromatic carbocycles. The molecule has 0 aromatic rings. The van der Waals surface area contributed by atoms with Crippen molar-refractivity contribution in [2.75, 3.05) is 0 Å². The fraction of sp³-hybridized carbons (Fsp3) is 0.571. The maximum Gasteiger partial charge on any atom is 0.473 e. The zero-order chi connectivity index (χ0) is 16.6. The van der Waals surface area contributed by atoms with Crippen molar-refractivity contribution in [1.29, 1.82) is 5.26 Å². The fourth-order valence-corrected chi connectivity index (χ4v) is 0.665. The van der Waals surface area contributed by atoms with Crippen LogP contribution < -0.4 is 0 Å². The van der Waals surface area contributed by atoms with Gasteiger partial charge in [0.05, 0.1) is 0 Å². The van der Waals surface area contributed by atoms with Crippen LogP contribution in [-0.2, 0) is 4.74 Å². The summed E-state index contributed by atoms with van der Waals surface area (Å²) in [6.07, 6.45) is -10.5. The Hall–Kier alpha value is -1.74. The molecule has 0 bridgehead atoms. The summed E-state index contributed by atoms with van der Waals surface area (Å²) in [5.74, 6) is -20.5. The third-order valence-corrected chi connectivity index (χ3v) is 1.66. The predicted octanol–water partition coefficient (Wildman–Crippen LogP) is 4.06. The first-order valence-corrected chi connectivity index (χ1v) is 3.96. The molecule has 0 aliphatic carbocycles. The van der Waals surface area contributed by atoms with E-state index >= 15 is 0 Å². The van der Waals surface area contributed by atoms with Crippen molar-refractivity contribution in [2.24, 2.45) is 0 Å². The molecule has 0 spiro atoms. The minimum absolute atomic E-state index is 0.670. The summed E-state index contributed by atoms with van der Waals surface area (Å²) in [5.41, 5.74) is 0. The minimum atomic E-state index is -7.17. The zero-order valence-corrected chi connectivity index (χ0v) is 8.51. The van der Waals surface area contributed by atoms with E-state index in [0.717, 1.165) is 0 Å². The van der Waals surface area contributed by atoms with Crippen molar-refractivity contribution in [3.8, 4) is 6.07 Å². The maximum absolute atomic E-state index is 12.6. The Balaban J connectivity index is 5.75. The van der Waals surface area contributed by atoms with Gasteiger partial charge in [-0.3, -0.25) is 0 Å². The summed E-state index contributed by atoms with van der Waals surface area (Å²) in [7, 11) is 0. The first kappa shape index (κ1) is 18.3. The third-order valence-electron chi connectivity index (χ3n) is 1.66. The van der Waals surface area contributed by atoms with Crippen LogP contribution in [0.25, 0.3) is 0 Å². The molecule has 13 heteroatoms. The Morgan fingerprint density at radius 1 is 0.800 bits per heavy atom. The van der Waals surface area contributed by atoms with E-state index in [4.69, 9.17) is 5.26 Å². The van der Waals surface area contributed by atoms with Crippen LogP contribution in [-0.4, -0.2) is 23.9 Å². The van der Waals surface area contributed by atoms with Crippen molar-refractivity contribution < 1.29 is 53.0 Å². The molecule has 0 aromatic heterocycles. The van der Waals surface area contributed by atoms with E-state index in [1.165, 1.54) is 0 Å². The molecule has 0 saturated heterocycles. The maximum atomic E-state index is 12.6. The number of halogens is 11. The molecule has 0 radical (unpaired) electrons. The molecule has 2 nitrogen and oxygen atoms in total. The van der Waals surface area contributed by atoms with Gasteiger partial charge >= 0.3 is 36.0 Å². The third kappa shape index (κ3) is 2.73. The summed E-state index contributed by atoms with van der Waals surface area (Å²) in [5, 5.41) is 7.53. The highest BCUT2D eigenvalue weighted by Crippen LogP contribution is 2.53. The van der Waals surface area contributed by atoms with E-state index < -0.39 is 42.0 Å². The van der Waals surface area contributed by atoms with E-state index in [2.05, 4.69) is 0 Å². The standard InChI is InChI=1S/C7F11NO/c8-2(9)3(10)20-7(17,18)6(15,16)5(13,14)4(11,12)1-19. The van der Waals surface area contributed by atoms with E-state index in [-0.39, 0.29) is 0 Å². The molecule has 0 aliphatic heterocycles. The van der Waals surface area contributed by atoms with Gasteiger partial charge < -0.3 is 4.74 Å². The Bertz CT molecular complexity index is 444. The van der Waals surface area contributed by atoms with E-state index in [0.29, 0.717) is 0 Å². The number of nitriles is 1. The van der Waals surface area contributed by atoms with Gasteiger partial charge in [-0.1, -0.05) is 0 Å². The summed E-state index contributed by atoms with van der Waals surface area (Å²) in [6, 6.07) is -4.35. The van der Waals surface area contributed by atoms with Crippen LogP contribution >= 0.6 is 0 Å². The Morgan fingerprint density at radius 3 is 1.50 bits per heavy atom. The summed E-state index contributed by atoms with van der Waals surface area (Å²) < 4.78 is 136. The number of hydrogen-bond donors (Lipinski definition) is 0. The van der Waals surface area contributed by atoms with Crippen LogP contribution in [0.1, 0.15) is 0 Å². The molecule has 116 valence electrons. The average Bonchev–Trinajstić information content (AvgIpc) is 2.27. The van der Waals surface area contributed by atoms with Crippen molar-refractivity contribution >= 4 is 0 Å². The lowest BCUT2D eigenvalue weighted by molar-refractivity contribution is -0.416.